The van der Waals surface area contributed by atoms with Crippen molar-refractivity contribution in [3.05, 3.63) is 93.6 Å². The molecule has 0 bridgehead atoms. The van der Waals surface area contributed by atoms with Gasteiger partial charge in [-0.2, -0.15) is 0 Å². The minimum absolute atomic E-state index is 0.337. The molecular formula is C29H32F3NO3. The van der Waals surface area contributed by atoms with Crippen LogP contribution < -0.4 is 14.8 Å². The third-order valence-electron chi connectivity index (χ3n) is 5.61. The maximum atomic E-state index is 12.4. The molecule has 0 saturated carbocycles. The van der Waals surface area contributed by atoms with Crippen LogP contribution in [0.4, 0.5) is 18.9 Å². The highest BCUT2D eigenvalue weighted by atomic mass is 19.4. The lowest BCUT2D eigenvalue weighted by atomic mass is 9.96. The lowest BCUT2D eigenvalue weighted by molar-refractivity contribution is -0.274. The van der Waals surface area contributed by atoms with E-state index in [0.717, 1.165) is 34.1 Å². The smallest absolute Gasteiger partial charge is 0.496 e. The number of ether oxygens (including phenoxy) is 2. The first-order valence-corrected chi connectivity index (χ1v) is 11.3. The molecule has 0 aliphatic rings. The summed E-state index contributed by atoms with van der Waals surface area (Å²) in [6.07, 6.45) is 6.37. The van der Waals surface area contributed by atoms with Crippen LogP contribution in [0.2, 0.25) is 0 Å². The van der Waals surface area contributed by atoms with Crippen LogP contribution >= 0.6 is 0 Å². The zero-order chi connectivity index (χ0) is 27.0. The van der Waals surface area contributed by atoms with Crippen LogP contribution in [-0.2, 0) is 4.79 Å². The van der Waals surface area contributed by atoms with E-state index in [1.54, 1.807) is 27.0 Å². The van der Waals surface area contributed by atoms with Gasteiger partial charge >= 0.3 is 6.36 Å². The van der Waals surface area contributed by atoms with E-state index in [2.05, 4.69) is 30.0 Å². The van der Waals surface area contributed by atoms with Crippen molar-refractivity contribution < 1.29 is 27.4 Å². The summed E-state index contributed by atoms with van der Waals surface area (Å²) in [5.74, 6) is 0.161. The monoisotopic (exact) mass is 499 g/mol. The van der Waals surface area contributed by atoms with Crippen LogP contribution in [0.5, 0.6) is 11.5 Å². The van der Waals surface area contributed by atoms with Gasteiger partial charge in [0.2, 0.25) is 5.91 Å². The van der Waals surface area contributed by atoms with E-state index in [1.165, 1.54) is 23.8 Å². The Labute approximate surface area is 210 Å². The predicted octanol–water partition coefficient (Wildman–Crippen LogP) is 7.93. The maximum absolute atomic E-state index is 12.4. The van der Waals surface area contributed by atoms with Gasteiger partial charge in [0, 0.05) is 11.8 Å². The lowest BCUT2D eigenvalue weighted by Gasteiger charge is -2.13. The molecule has 7 heteroatoms. The standard InChI is InChI=1S/C29H32F3NO3/c1-18(11-13-25-20(3)17-27(35-7)23(6)22(25)5)9-8-10-19(2)15-28(34)33-26-14-12-24(16-21(26)4)36-29(30,31)32/h8-17H,1-7H3,(H,33,34). The number of allylic oxidation sites excluding steroid dienone is 6. The second-order valence-corrected chi connectivity index (χ2v) is 8.56. The first-order valence-electron chi connectivity index (χ1n) is 11.3. The minimum Gasteiger partial charge on any atom is -0.496 e. The van der Waals surface area contributed by atoms with Crippen molar-refractivity contribution in [1.29, 1.82) is 0 Å². The number of amides is 1. The molecule has 0 aliphatic carbocycles. The Morgan fingerprint density at radius 2 is 1.64 bits per heavy atom. The fourth-order valence-corrected chi connectivity index (χ4v) is 3.55. The summed E-state index contributed by atoms with van der Waals surface area (Å²) in [4.78, 5) is 12.3. The van der Waals surface area contributed by atoms with Crippen molar-refractivity contribution in [2.75, 3.05) is 12.4 Å². The van der Waals surface area contributed by atoms with Crippen molar-refractivity contribution in [3.63, 3.8) is 0 Å². The number of anilines is 1. The Morgan fingerprint density at radius 1 is 0.944 bits per heavy atom. The highest BCUT2D eigenvalue weighted by Crippen LogP contribution is 2.29. The van der Waals surface area contributed by atoms with E-state index in [0.29, 0.717) is 16.8 Å². The maximum Gasteiger partial charge on any atom is 0.573 e. The highest BCUT2D eigenvalue weighted by molar-refractivity contribution is 6.00. The second-order valence-electron chi connectivity index (χ2n) is 8.56. The molecule has 0 atom stereocenters. The van der Waals surface area contributed by atoms with E-state index in [9.17, 15) is 18.0 Å². The molecule has 4 nitrogen and oxygen atoms in total. The SMILES string of the molecule is COc1cc(C)c(C=CC(C)=CC=CC(C)=CC(=O)Nc2ccc(OC(F)(F)F)cc2C)c(C)c1C. The number of aryl methyl sites for hydroxylation is 2. The first-order chi connectivity index (χ1) is 16.8. The zero-order valence-corrected chi connectivity index (χ0v) is 21.6. The summed E-state index contributed by atoms with van der Waals surface area (Å²) >= 11 is 0. The number of nitrogens with one attached hydrogen (secondary N) is 1. The van der Waals surface area contributed by atoms with Crippen molar-refractivity contribution in [3.8, 4) is 11.5 Å². The molecule has 0 spiro atoms. The van der Waals surface area contributed by atoms with Gasteiger partial charge in [-0.25, -0.2) is 0 Å². The van der Waals surface area contributed by atoms with E-state index in [-0.39, 0.29) is 11.7 Å². The van der Waals surface area contributed by atoms with Crippen LogP contribution in [0.25, 0.3) is 6.08 Å². The fraction of sp³-hybridized carbons (Fsp3) is 0.276. The molecule has 0 aromatic heterocycles. The highest BCUT2D eigenvalue weighted by Gasteiger charge is 2.31. The van der Waals surface area contributed by atoms with Crippen LogP contribution in [0.3, 0.4) is 0 Å². The number of methoxy groups -OCH3 is 1. The fourth-order valence-electron chi connectivity index (χ4n) is 3.55. The average Bonchev–Trinajstić information content (AvgIpc) is 2.76. The van der Waals surface area contributed by atoms with E-state index < -0.39 is 6.36 Å². The third kappa shape index (κ3) is 8.48. The molecule has 0 saturated heterocycles. The number of halogens is 3. The Balaban J connectivity index is 2.03. The number of carbonyl (C=O) groups excluding carboxylic acids is 1. The third-order valence-corrected chi connectivity index (χ3v) is 5.61. The molecule has 0 fully saturated rings. The summed E-state index contributed by atoms with van der Waals surface area (Å²) in [6, 6.07) is 5.78. The Morgan fingerprint density at radius 3 is 2.25 bits per heavy atom. The average molecular weight is 500 g/mol. The normalized spacial score (nSPS) is 12.9. The molecule has 1 amide bonds. The Bertz CT molecular complexity index is 1240. The summed E-state index contributed by atoms with van der Waals surface area (Å²) in [5.41, 5.74) is 7.19. The largest absolute Gasteiger partial charge is 0.573 e. The molecule has 0 radical (unpaired) electrons. The van der Waals surface area contributed by atoms with Gasteiger partial charge in [-0.3, -0.25) is 4.79 Å². The molecule has 192 valence electrons. The van der Waals surface area contributed by atoms with Crippen molar-refractivity contribution >= 4 is 17.7 Å². The van der Waals surface area contributed by atoms with Gasteiger partial charge in [0.25, 0.3) is 0 Å². The molecule has 36 heavy (non-hydrogen) atoms. The topological polar surface area (TPSA) is 47.6 Å². The van der Waals surface area contributed by atoms with Gasteiger partial charge < -0.3 is 14.8 Å². The zero-order valence-electron chi connectivity index (χ0n) is 21.6. The van der Waals surface area contributed by atoms with Gasteiger partial charge in [0.05, 0.1) is 7.11 Å². The van der Waals surface area contributed by atoms with E-state index in [4.69, 9.17) is 4.74 Å². The number of hydrogen-bond donors (Lipinski definition) is 1. The van der Waals surface area contributed by atoms with Crippen LogP contribution in [0.1, 0.15) is 41.7 Å². The van der Waals surface area contributed by atoms with Gasteiger partial charge in [-0.15, -0.1) is 13.2 Å². The van der Waals surface area contributed by atoms with Gasteiger partial charge in [0.1, 0.15) is 11.5 Å². The summed E-state index contributed by atoms with van der Waals surface area (Å²) in [7, 11) is 1.67. The van der Waals surface area contributed by atoms with E-state index in [1.807, 2.05) is 38.1 Å². The van der Waals surface area contributed by atoms with E-state index >= 15 is 0 Å². The number of hydrogen-bond acceptors (Lipinski definition) is 3. The van der Waals surface area contributed by atoms with Crippen LogP contribution in [-0.4, -0.2) is 19.4 Å². The quantitative estimate of drug-likeness (QED) is 0.296. The summed E-state index contributed by atoms with van der Waals surface area (Å²) < 4.78 is 46.4. The summed E-state index contributed by atoms with van der Waals surface area (Å²) in [5, 5.41) is 2.67. The number of alkyl halides is 3. The van der Waals surface area contributed by atoms with Crippen molar-refractivity contribution in [2.24, 2.45) is 0 Å². The number of benzene rings is 2. The Kier molecular flexibility index (Phi) is 9.73. The first kappa shape index (κ1) is 28.5. The predicted molar refractivity (Wildman–Crippen MR) is 139 cm³/mol. The van der Waals surface area contributed by atoms with Gasteiger partial charge in [-0.1, -0.05) is 36.0 Å². The number of rotatable bonds is 8. The molecule has 0 aliphatic heterocycles. The minimum atomic E-state index is -4.77. The molecule has 2 aromatic carbocycles. The van der Waals surface area contributed by atoms with Crippen molar-refractivity contribution in [1.82, 2.24) is 0 Å². The molecule has 2 rings (SSSR count). The molecule has 0 unspecified atom stereocenters. The second kappa shape index (κ2) is 12.3. The van der Waals surface area contributed by atoms with Gasteiger partial charge in [0.15, 0.2) is 0 Å². The van der Waals surface area contributed by atoms with Crippen molar-refractivity contribution in [2.45, 2.75) is 47.9 Å². The Hall–Kier alpha value is -3.74. The lowest BCUT2D eigenvalue weighted by Crippen LogP contribution is -2.17. The molecule has 2 aromatic rings. The number of carbonyl (C=O) groups is 1. The van der Waals surface area contributed by atoms with Crippen LogP contribution in [0, 0.1) is 27.7 Å². The molecule has 1 N–H and O–H groups in total. The van der Waals surface area contributed by atoms with Crippen LogP contribution in [0.15, 0.2) is 65.8 Å². The molecular weight excluding hydrogens is 467 g/mol. The summed E-state index contributed by atoms with van der Waals surface area (Å²) in [6.45, 7) is 11.5. The van der Waals surface area contributed by atoms with Gasteiger partial charge in [-0.05, 0) is 99.2 Å². The molecule has 0 heterocycles.